The van der Waals surface area contributed by atoms with Crippen LogP contribution in [-0.4, -0.2) is 28.6 Å². The van der Waals surface area contributed by atoms with E-state index in [4.69, 9.17) is 16.0 Å². The molecule has 90 valence electrons. The Morgan fingerprint density at radius 2 is 2.38 bits per heavy atom. The largest absolute Gasteiger partial charge is 0.432 e. The lowest BCUT2D eigenvalue weighted by atomic mass is 10.1. The third-order valence-electron chi connectivity index (χ3n) is 2.78. The Balaban J connectivity index is 2.04. The van der Waals surface area contributed by atoms with Gasteiger partial charge < -0.3 is 9.32 Å². The van der Waals surface area contributed by atoms with Crippen LogP contribution in [0.2, 0.25) is 0 Å². The predicted molar refractivity (Wildman–Crippen MR) is 69.4 cm³/mol. The zero-order chi connectivity index (χ0) is 11.6. The molecule has 0 radical (unpaired) electrons. The smallest absolute Gasteiger partial charge is 0.297 e. The standard InChI is InChI=1S/C11H17ClN2OS/c1-11(2)3-4-14(5-6-16-11)10-13-9(7-12)8-15-10/h8H,3-7H2,1-2H3. The van der Waals surface area contributed by atoms with Crippen molar-refractivity contribution in [1.82, 2.24) is 4.98 Å². The highest BCUT2D eigenvalue weighted by Crippen LogP contribution is 2.32. The van der Waals surface area contributed by atoms with Gasteiger partial charge in [-0.3, -0.25) is 0 Å². The number of aromatic nitrogens is 1. The van der Waals surface area contributed by atoms with E-state index in [-0.39, 0.29) is 0 Å². The molecular weight excluding hydrogens is 244 g/mol. The molecule has 16 heavy (non-hydrogen) atoms. The second-order valence-electron chi connectivity index (χ2n) is 4.60. The van der Waals surface area contributed by atoms with Crippen LogP contribution in [0.4, 0.5) is 6.01 Å². The van der Waals surface area contributed by atoms with E-state index in [1.54, 1.807) is 6.26 Å². The van der Waals surface area contributed by atoms with Gasteiger partial charge in [-0.05, 0) is 6.42 Å². The molecule has 2 rings (SSSR count). The van der Waals surface area contributed by atoms with Crippen molar-refractivity contribution in [2.75, 3.05) is 23.7 Å². The summed E-state index contributed by atoms with van der Waals surface area (Å²) in [6, 6.07) is 0.717. The summed E-state index contributed by atoms with van der Waals surface area (Å²) in [4.78, 5) is 6.57. The van der Waals surface area contributed by atoms with E-state index >= 15 is 0 Å². The van der Waals surface area contributed by atoms with Crippen molar-refractivity contribution in [1.29, 1.82) is 0 Å². The molecular formula is C11H17ClN2OS. The van der Waals surface area contributed by atoms with Crippen LogP contribution in [0.5, 0.6) is 0 Å². The minimum absolute atomic E-state index is 0.358. The van der Waals surface area contributed by atoms with Crippen molar-refractivity contribution >= 4 is 29.4 Å². The van der Waals surface area contributed by atoms with Gasteiger partial charge in [0.15, 0.2) is 0 Å². The molecule has 0 bridgehead atoms. The summed E-state index contributed by atoms with van der Waals surface area (Å²) in [6.45, 7) is 6.58. The van der Waals surface area contributed by atoms with Gasteiger partial charge >= 0.3 is 0 Å². The van der Waals surface area contributed by atoms with E-state index < -0.39 is 0 Å². The van der Waals surface area contributed by atoms with Gasteiger partial charge in [0.2, 0.25) is 0 Å². The number of hydrogen-bond acceptors (Lipinski definition) is 4. The lowest BCUT2D eigenvalue weighted by Gasteiger charge is -2.21. The molecule has 5 heteroatoms. The van der Waals surface area contributed by atoms with E-state index in [0.29, 0.717) is 16.6 Å². The number of nitrogens with zero attached hydrogens (tertiary/aromatic N) is 2. The molecule has 0 unspecified atom stereocenters. The fourth-order valence-corrected chi connectivity index (χ4v) is 2.94. The zero-order valence-electron chi connectivity index (χ0n) is 9.70. The summed E-state index contributed by atoms with van der Waals surface area (Å²) >= 11 is 7.73. The monoisotopic (exact) mass is 260 g/mol. The molecule has 2 heterocycles. The van der Waals surface area contributed by atoms with Gasteiger partial charge in [-0.1, -0.05) is 13.8 Å². The highest BCUT2D eigenvalue weighted by Gasteiger charge is 2.25. The Labute approximate surface area is 106 Å². The third kappa shape index (κ3) is 2.86. The van der Waals surface area contributed by atoms with Gasteiger partial charge in [0.25, 0.3) is 6.01 Å². The van der Waals surface area contributed by atoms with Crippen LogP contribution in [0.1, 0.15) is 26.0 Å². The minimum atomic E-state index is 0.358. The first-order chi connectivity index (χ1) is 7.61. The van der Waals surface area contributed by atoms with E-state index in [2.05, 4.69) is 23.7 Å². The number of alkyl halides is 1. The van der Waals surface area contributed by atoms with Crippen molar-refractivity contribution in [3.8, 4) is 0 Å². The normalized spacial score (nSPS) is 20.8. The van der Waals surface area contributed by atoms with Crippen LogP contribution in [0.3, 0.4) is 0 Å². The predicted octanol–water partition coefficient (Wildman–Crippen LogP) is 3.14. The van der Waals surface area contributed by atoms with Gasteiger partial charge in [0.05, 0.1) is 11.6 Å². The van der Waals surface area contributed by atoms with E-state index in [1.165, 1.54) is 0 Å². The topological polar surface area (TPSA) is 29.3 Å². The summed E-state index contributed by atoms with van der Waals surface area (Å²) in [5.74, 6) is 1.53. The van der Waals surface area contributed by atoms with Crippen LogP contribution >= 0.6 is 23.4 Å². The molecule has 1 aliphatic rings. The first kappa shape index (κ1) is 12.1. The number of oxazole rings is 1. The maximum Gasteiger partial charge on any atom is 0.297 e. The number of anilines is 1. The molecule has 0 amide bonds. The van der Waals surface area contributed by atoms with Crippen LogP contribution in [-0.2, 0) is 5.88 Å². The number of rotatable bonds is 2. The van der Waals surface area contributed by atoms with Crippen LogP contribution in [0.15, 0.2) is 10.7 Å². The molecule has 0 spiro atoms. The number of halogens is 1. The van der Waals surface area contributed by atoms with E-state index in [9.17, 15) is 0 Å². The summed E-state index contributed by atoms with van der Waals surface area (Å²) in [7, 11) is 0. The Hall–Kier alpha value is -0.350. The highest BCUT2D eigenvalue weighted by atomic mass is 35.5. The quantitative estimate of drug-likeness (QED) is 0.764. The highest BCUT2D eigenvalue weighted by molar-refractivity contribution is 8.00. The van der Waals surface area contributed by atoms with E-state index in [0.717, 1.165) is 31.0 Å². The Morgan fingerprint density at radius 3 is 3.06 bits per heavy atom. The van der Waals surface area contributed by atoms with Crippen LogP contribution in [0.25, 0.3) is 0 Å². The maximum atomic E-state index is 5.71. The second kappa shape index (κ2) is 4.88. The summed E-state index contributed by atoms with van der Waals surface area (Å²) in [6.07, 6.45) is 2.79. The van der Waals surface area contributed by atoms with Gasteiger partial charge in [-0.25, -0.2) is 0 Å². The molecule has 3 nitrogen and oxygen atoms in total. The lowest BCUT2D eigenvalue weighted by molar-refractivity contribution is 0.526. The zero-order valence-corrected chi connectivity index (χ0v) is 11.3. The Bertz CT molecular complexity index is 354. The molecule has 0 aromatic carbocycles. The molecule has 0 saturated carbocycles. The molecule has 0 atom stereocenters. The van der Waals surface area contributed by atoms with Crippen LogP contribution in [0, 0.1) is 0 Å². The van der Waals surface area contributed by atoms with Crippen LogP contribution < -0.4 is 4.90 Å². The average Bonchev–Trinajstić information content (AvgIpc) is 2.64. The van der Waals surface area contributed by atoms with Gasteiger partial charge in [0.1, 0.15) is 6.26 Å². The van der Waals surface area contributed by atoms with Gasteiger partial charge in [0, 0.05) is 23.6 Å². The molecule has 0 aliphatic carbocycles. The summed E-state index contributed by atoms with van der Waals surface area (Å²) < 4.78 is 5.80. The lowest BCUT2D eigenvalue weighted by Crippen LogP contribution is -2.27. The van der Waals surface area contributed by atoms with E-state index in [1.807, 2.05) is 11.8 Å². The number of thioether (sulfide) groups is 1. The SMILES string of the molecule is CC1(C)CCN(c2nc(CCl)co2)CCS1. The van der Waals surface area contributed by atoms with Crippen molar-refractivity contribution in [2.24, 2.45) is 0 Å². The first-order valence-electron chi connectivity index (χ1n) is 5.50. The summed E-state index contributed by atoms with van der Waals surface area (Å²) in [5, 5.41) is 0. The Kier molecular flexibility index (Phi) is 3.70. The number of hydrogen-bond donors (Lipinski definition) is 0. The van der Waals surface area contributed by atoms with Crippen molar-refractivity contribution in [3.63, 3.8) is 0 Å². The fourth-order valence-electron chi connectivity index (χ4n) is 1.71. The molecule has 1 aromatic rings. The maximum absolute atomic E-state index is 5.71. The van der Waals surface area contributed by atoms with Crippen molar-refractivity contribution in [3.05, 3.63) is 12.0 Å². The second-order valence-corrected chi connectivity index (χ2v) is 6.67. The average molecular weight is 261 g/mol. The fraction of sp³-hybridized carbons (Fsp3) is 0.727. The molecule has 1 saturated heterocycles. The summed E-state index contributed by atoms with van der Waals surface area (Å²) in [5.41, 5.74) is 0.813. The minimum Gasteiger partial charge on any atom is -0.432 e. The first-order valence-corrected chi connectivity index (χ1v) is 7.02. The molecule has 1 aliphatic heterocycles. The van der Waals surface area contributed by atoms with Crippen molar-refractivity contribution in [2.45, 2.75) is 30.9 Å². The molecule has 1 fully saturated rings. The molecule has 0 N–H and O–H groups in total. The Morgan fingerprint density at radius 1 is 1.56 bits per heavy atom. The van der Waals surface area contributed by atoms with Crippen molar-refractivity contribution < 1.29 is 4.42 Å². The molecule has 1 aromatic heterocycles. The third-order valence-corrected chi connectivity index (χ3v) is 4.43. The van der Waals surface area contributed by atoms with Gasteiger partial charge in [-0.15, -0.1) is 11.6 Å². The van der Waals surface area contributed by atoms with Gasteiger partial charge in [-0.2, -0.15) is 16.7 Å².